The number of carbonyl (C=O) groups excluding carboxylic acids is 2. The number of likely N-dealkylation sites (N-methyl/N-ethyl adjacent to an activating group) is 1. The summed E-state index contributed by atoms with van der Waals surface area (Å²) in [5, 5.41) is 9.14. The summed E-state index contributed by atoms with van der Waals surface area (Å²) in [5.41, 5.74) is 0.652. The van der Waals surface area contributed by atoms with Crippen molar-refractivity contribution >= 4 is 29.1 Å². The molecule has 1 aromatic rings. The van der Waals surface area contributed by atoms with E-state index in [4.69, 9.17) is 11.6 Å². The maximum Gasteiger partial charge on any atom is 0.238 e. The summed E-state index contributed by atoms with van der Waals surface area (Å²) in [6.45, 7) is 2.13. The standard InChI is InChI=1S/C14H19ClN4O2/c1-16-14(21)12-8-17-5-6-19(12)9-13(20)18-11-4-2-3-10(15)7-11/h2-4,7,12,17H,5-6,8-9H2,1H3,(H,16,21)(H,18,20). The van der Waals surface area contributed by atoms with Gasteiger partial charge in [-0.05, 0) is 18.2 Å². The molecule has 1 saturated heterocycles. The molecular weight excluding hydrogens is 292 g/mol. The Balaban J connectivity index is 1.95. The van der Waals surface area contributed by atoms with Crippen molar-refractivity contribution in [3.63, 3.8) is 0 Å². The maximum atomic E-state index is 12.1. The van der Waals surface area contributed by atoms with Crippen LogP contribution in [0.3, 0.4) is 0 Å². The number of amides is 2. The SMILES string of the molecule is CNC(=O)C1CNCCN1CC(=O)Nc1cccc(Cl)c1. The van der Waals surface area contributed by atoms with Crippen LogP contribution in [0.25, 0.3) is 0 Å². The van der Waals surface area contributed by atoms with Crippen LogP contribution in [-0.2, 0) is 9.59 Å². The lowest BCUT2D eigenvalue weighted by atomic mass is 10.1. The van der Waals surface area contributed by atoms with Crippen LogP contribution in [0.4, 0.5) is 5.69 Å². The Bertz CT molecular complexity index is 523. The second-order valence-corrected chi connectivity index (χ2v) is 5.30. The van der Waals surface area contributed by atoms with E-state index in [2.05, 4.69) is 16.0 Å². The zero-order chi connectivity index (χ0) is 15.2. The second kappa shape index (κ2) is 7.40. The van der Waals surface area contributed by atoms with Gasteiger partial charge >= 0.3 is 0 Å². The summed E-state index contributed by atoms with van der Waals surface area (Å²) >= 11 is 5.88. The molecule has 0 bridgehead atoms. The van der Waals surface area contributed by atoms with Gasteiger partial charge in [0, 0.05) is 37.4 Å². The van der Waals surface area contributed by atoms with Crippen molar-refractivity contribution < 1.29 is 9.59 Å². The molecule has 2 rings (SSSR count). The highest BCUT2D eigenvalue weighted by atomic mass is 35.5. The zero-order valence-electron chi connectivity index (χ0n) is 11.9. The predicted octanol–water partition coefficient (Wildman–Crippen LogP) is 0.298. The van der Waals surface area contributed by atoms with Crippen LogP contribution in [0.1, 0.15) is 0 Å². The quantitative estimate of drug-likeness (QED) is 0.748. The lowest BCUT2D eigenvalue weighted by Crippen LogP contribution is -2.58. The third kappa shape index (κ3) is 4.42. The molecule has 1 fully saturated rings. The fraction of sp³-hybridized carbons (Fsp3) is 0.429. The van der Waals surface area contributed by atoms with Crippen molar-refractivity contribution in [1.82, 2.24) is 15.5 Å². The molecule has 1 heterocycles. The Kier molecular flexibility index (Phi) is 5.55. The normalized spacial score (nSPS) is 19.0. The summed E-state index contributed by atoms with van der Waals surface area (Å²) in [6.07, 6.45) is 0. The van der Waals surface area contributed by atoms with E-state index >= 15 is 0 Å². The molecule has 1 aliphatic rings. The number of nitrogens with one attached hydrogen (secondary N) is 3. The first kappa shape index (κ1) is 15.8. The summed E-state index contributed by atoms with van der Waals surface area (Å²) in [4.78, 5) is 25.8. The summed E-state index contributed by atoms with van der Waals surface area (Å²) in [7, 11) is 1.60. The van der Waals surface area contributed by atoms with E-state index in [9.17, 15) is 9.59 Å². The van der Waals surface area contributed by atoms with Gasteiger partial charge in [-0.25, -0.2) is 0 Å². The molecule has 0 radical (unpaired) electrons. The highest BCUT2D eigenvalue weighted by Crippen LogP contribution is 2.15. The average Bonchev–Trinajstić information content (AvgIpc) is 2.47. The van der Waals surface area contributed by atoms with E-state index in [1.807, 2.05) is 4.90 Å². The first-order valence-corrected chi connectivity index (χ1v) is 7.19. The average molecular weight is 311 g/mol. The van der Waals surface area contributed by atoms with Gasteiger partial charge in [-0.2, -0.15) is 0 Å². The highest BCUT2D eigenvalue weighted by Gasteiger charge is 2.29. The highest BCUT2D eigenvalue weighted by molar-refractivity contribution is 6.30. The van der Waals surface area contributed by atoms with E-state index in [1.54, 1.807) is 31.3 Å². The van der Waals surface area contributed by atoms with Crippen LogP contribution < -0.4 is 16.0 Å². The molecule has 7 heteroatoms. The van der Waals surface area contributed by atoms with Gasteiger partial charge in [0.15, 0.2) is 0 Å². The first-order chi connectivity index (χ1) is 10.1. The van der Waals surface area contributed by atoms with Gasteiger partial charge in [-0.1, -0.05) is 17.7 Å². The number of halogens is 1. The number of benzene rings is 1. The third-order valence-electron chi connectivity index (χ3n) is 3.36. The molecule has 0 aromatic heterocycles. The number of hydrogen-bond donors (Lipinski definition) is 3. The molecule has 1 atom stereocenters. The second-order valence-electron chi connectivity index (χ2n) is 4.86. The minimum atomic E-state index is -0.325. The Morgan fingerprint density at radius 2 is 2.29 bits per heavy atom. The predicted molar refractivity (Wildman–Crippen MR) is 82.4 cm³/mol. The fourth-order valence-corrected chi connectivity index (χ4v) is 2.50. The largest absolute Gasteiger partial charge is 0.358 e. The zero-order valence-corrected chi connectivity index (χ0v) is 12.6. The van der Waals surface area contributed by atoms with Crippen molar-refractivity contribution in [1.29, 1.82) is 0 Å². The molecule has 2 amide bonds. The topological polar surface area (TPSA) is 73.5 Å². The Morgan fingerprint density at radius 3 is 3.00 bits per heavy atom. The minimum Gasteiger partial charge on any atom is -0.358 e. The van der Waals surface area contributed by atoms with Crippen LogP contribution >= 0.6 is 11.6 Å². The molecule has 1 aromatic carbocycles. The van der Waals surface area contributed by atoms with Gasteiger partial charge in [-0.3, -0.25) is 14.5 Å². The minimum absolute atomic E-state index is 0.0854. The van der Waals surface area contributed by atoms with Crippen molar-refractivity contribution in [3.05, 3.63) is 29.3 Å². The van der Waals surface area contributed by atoms with Gasteiger partial charge in [-0.15, -0.1) is 0 Å². The summed E-state index contributed by atoms with van der Waals surface area (Å²) in [5.74, 6) is -0.245. The molecule has 0 aliphatic carbocycles. The Hall–Kier alpha value is -1.63. The van der Waals surface area contributed by atoms with Crippen LogP contribution in [0.5, 0.6) is 0 Å². The number of rotatable bonds is 4. The molecule has 0 saturated carbocycles. The Morgan fingerprint density at radius 1 is 1.48 bits per heavy atom. The van der Waals surface area contributed by atoms with Crippen LogP contribution in [0.2, 0.25) is 5.02 Å². The molecule has 21 heavy (non-hydrogen) atoms. The van der Waals surface area contributed by atoms with E-state index < -0.39 is 0 Å². The number of piperazine rings is 1. The molecule has 1 aliphatic heterocycles. The first-order valence-electron chi connectivity index (χ1n) is 6.82. The summed E-state index contributed by atoms with van der Waals surface area (Å²) < 4.78 is 0. The molecule has 114 valence electrons. The third-order valence-corrected chi connectivity index (χ3v) is 3.59. The van der Waals surface area contributed by atoms with Crippen molar-refractivity contribution in [2.24, 2.45) is 0 Å². The van der Waals surface area contributed by atoms with Gasteiger partial charge in [0.2, 0.25) is 11.8 Å². The maximum absolute atomic E-state index is 12.1. The van der Waals surface area contributed by atoms with E-state index in [-0.39, 0.29) is 24.4 Å². The Labute approximate surface area is 128 Å². The molecule has 3 N–H and O–H groups in total. The van der Waals surface area contributed by atoms with Gasteiger partial charge in [0.25, 0.3) is 0 Å². The number of hydrogen-bond acceptors (Lipinski definition) is 4. The lowest BCUT2D eigenvalue weighted by molar-refractivity contribution is -0.128. The van der Waals surface area contributed by atoms with E-state index in [1.165, 1.54) is 0 Å². The van der Waals surface area contributed by atoms with Crippen LogP contribution in [0, 0.1) is 0 Å². The van der Waals surface area contributed by atoms with Gasteiger partial charge in [0.05, 0.1) is 6.54 Å². The molecule has 6 nitrogen and oxygen atoms in total. The molecular formula is C14H19ClN4O2. The van der Waals surface area contributed by atoms with Crippen molar-refractivity contribution in [2.45, 2.75) is 6.04 Å². The van der Waals surface area contributed by atoms with E-state index in [0.29, 0.717) is 23.8 Å². The molecule has 0 spiro atoms. The van der Waals surface area contributed by atoms with Gasteiger partial charge < -0.3 is 16.0 Å². The number of anilines is 1. The monoisotopic (exact) mass is 310 g/mol. The lowest BCUT2D eigenvalue weighted by Gasteiger charge is -2.34. The van der Waals surface area contributed by atoms with Crippen LogP contribution in [-0.4, -0.2) is 56.0 Å². The van der Waals surface area contributed by atoms with Gasteiger partial charge in [0.1, 0.15) is 6.04 Å². The van der Waals surface area contributed by atoms with Crippen molar-refractivity contribution in [3.8, 4) is 0 Å². The van der Waals surface area contributed by atoms with E-state index in [0.717, 1.165) is 6.54 Å². The van der Waals surface area contributed by atoms with Crippen molar-refractivity contribution in [2.75, 3.05) is 38.5 Å². The molecule has 1 unspecified atom stereocenters. The smallest absolute Gasteiger partial charge is 0.238 e. The van der Waals surface area contributed by atoms with Crippen LogP contribution in [0.15, 0.2) is 24.3 Å². The number of carbonyl (C=O) groups is 2. The summed E-state index contributed by atoms with van der Waals surface area (Å²) in [6, 6.07) is 6.66. The number of nitrogens with zero attached hydrogens (tertiary/aromatic N) is 1. The fourth-order valence-electron chi connectivity index (χ4n) is 2.31.